The predicted octanol–water partition coefficient (Wildman–Crippen LogP) is 5.88. The van der Waals surface area contributed by atoms with Gasteiger partial charge in [-0.15, -0.1) is 0 Å². The van der Waals surface area contributed by atoms with Gasteiger partial charge in [-0.3, -0.25) is 15.0 Å². The molecule has 0 radical (unpaired) electrons. The summed E-state index contributed by atoms with van der Waals surface area (Å²) in [5.74, 6) is 0.312. The van der Waals surface area contributed by atoms with Crippen molar-refractivity contribution in [2.24, 2.45) is 5.92 Å². The summed E-state index contributed by atoms with van der Waals surface area (Å²) in [4.78, 5) is 14.3. The maximum atomic E-state index is 12.5. The van der Waals surface area contributed by atoms with Crippen LogP contribution < -0.4 is 10.2 Å². The Morgan fingerprint density at radius 3 is 2.43 bits per heavy atom. The number of anilines is 1. The number of rotatable bonds is 5. The molecular weight excluding hydrogens is 411 g/mol. The smallest absolute Gasteiger partial charge is 0.256 e. The Balaban J connectivity index is 1.80. The van der Waals surface area contributed by atoms with Crippen LogP contribution in [0.4, 0.5) is 5.69 Å². The molecule has 6 heteroatoms. The number of alkyl halides is 1. The van der Waals surface area contributed by atoms with Crippen molar-refractivity contribution in [2.75, 3.05) is 4.90 Å². The zero-order chi connectivity index (χ0) is 20.3. The molecule has 2 aromatic carbocycles. The summed E-state index contributed by atoms with van der Waals surface area (Å²) in [6, 6.07) is 17.6. The van der Waals surface area contributed by atoms with E-state index in [1.807, 2.05) is 36.4 Å². The Morgan fingerprint density at radius 1 is 1.14 bits per heavy atom. The van der Waals surface area contributed by atoms with Crippen LogP contribution in [0.15, 0.2) is 66.2 Å². The summed E-state index contributed by atoms with van der Waals surface area (Å²) in [7, 11) is 0. The van der Waals surface area contributed by atoms with E-state index in [0.29, 0.717) is 16.5 Å². The Morgan fingerprint density at radius 2 is 1.79 bits per heavy atom. The second kappa shape index (κ2) is 9.08. The maximum Gasteiger partial charge on any atom is 0.256 e. The third kappa shape index (κ3) is 4.75. The molecule has 28 heavy (non-hydrogen) atoms. The molecule has 3 atom stereocenters. The molecule has 1 amide bonds. The first-order valence-electron chi connectivity index (χ1n) is 9.17. The van der Waals surface area contributed by atoms with Gasteiger partial charge in [-0.1, -0.05) is 73.5 Å². The average Bonchev–Trinajstić information content (AvgIpc) is 2.67. The highest BCUT2D eigenvalue weighted by Gasteiger charge is 2.34. The Bertz CT molecular complexity index is 883. The van der Waals surface area contributed by atoms with Gasteiger partial charge in [0, 0.05) is 10.7 Å². The largest absolute Gasteiger partial charge is 0.299 e. The second-order valence-electron chi connectivity index (χ2n) is 7.09. The summed E-state index contributed by atoms with van der Waals surface area (Å²) in [6.07, 6.45) is 2.87. The molecule has 1 heterocycles. The number of allylic oxidation sites excluding steroid dienone is 1. The molecule has 1 fully saturated rings. The van der Waals surface area contributed by atoms with Crippen LogP contribution in [-0.2, 0) is 4.79 Å². The molecule has 0 aromatic heterocycles. The lowest BCUT2D eigenvalue weighted by Gasteiger charge is -2.35. The Kier molecular flexibility index (Phi) is 6.76. The lowest BCUT2D eigenvalue weighted by atomic mass is 9.90. The molecule has 2 aromatic rings. The minimum atomic E-state index is -0.670. The van der Waals surface area contributed by atoms with Crippen molar-refractivity contribution in [3.63, 3.8) is 0 Å². The lowest BCUT2D eigenvalue weighted by Crippen LogP contribution is -2.54. The summed E-state index contributed by atoms with van der Waals surface area (Å²) in [5.41, 5.74) is 1.91. The highest BCUT2D eigenvalue weighted by Crippen LogP contribution is 2.31. The van der Waals surface area contributed by atoms with Gasteiger partial charge in [0.2, 0.25) is 0 Å². The number of carbonyl (C=O) groups is 1. The van der Waals surface area contributed by atoms with Crippen LogP contribution in [-0.4, -0.2) is 16.5 Å². The number of carbonyl (C=O) groups excluding carboxylic acids is 1. The number of benzene rings is 2. The monoisotopic (exact) mass is 432 g/mol. The number of amides is 1. The highest BCUT2D eigenvalue weighted by atomic mass is 35.5. The van der Waals surface area contributed by atoms with Crippen LogP contribution in [0, 0.1) is 5.92 Å². The molecule has 3 rings (SSSR count). The van der Waals surface area contributed by atoms with Crippen LogP contribution in [0.5, 0.6) is 0 Å². The SMILES string of the molecule is CC(C=C1C(=O)NC(=S)N(c2ccc(Cl)cc2)C1Cl)CC(C)c1ccccc1. The van der Waals surface area contributed by atoms with Crippen molar-refractivity contribution < 1.29 is 4.79 Å². The van der Waals surface area contributed by atoms with E-state index in [1.165, 1.54) is 5.56 Å². The fraction of sp³-hybridized carbons (Fsp3) is 0.273. The van der Waals surface area contributed by atoms with E-state index in [0.717, 1.165) is 12.1 Å². The number of hydrogen-bond acceptors (Lipinski definition) is 2. The van der Waals surface area contributed by atoms with E-state index in [1.54, 1.807) is 17.0 Å². The number of thiocarbonyl (C=S) groups is 1. The first-order valence-corrected chi connectivity index (χ1v) is 10.4. The first-order chi connectivity index (χ1) is 13.4. The van der Waals surface area contributed by atoms with Gasteiger partial charge in [-0.2, -0.15) is 0 Å². The fourth-order valence-corrected chi connectivity index (χ4v) is 4.30. The van der Waals surface area contributed by atoms with Crippen molar-refractivity contribution >= 4 is 52.1 Å². The van der Waals surface area contributed by atoms with E-state index < -0.39 is 5.50 Å². The first kappa shape index (κ1) is 20.8. The molecule has 0 bridgehead atoms. The average molecular weight is 433 g/mol. The molecule has 0 aliphatic carbocycles. The summed E-state index contributed by atoms with van der Waals surface area (Å²) in [6.45, 7) is 4.29. The third-order valence-corrected chi connectivity index (χ3v) is 5.83. The molecular formula is C22H22Cl2N2OS. The van der Waals surface area contributed by atoms with E-state index in [2.05, 4.69) is 31.3 Å². The Labute approximate surface area is 181 Å². The van der Waals surface area contributed by atoms with Crippen LogP contribution in [0.3, 0.4) is 0 Å². The minimum absolute atomic E-state index is 0.177. The molecule has 1 aliphatic rings. The van der Waals surface area contributed by atoms with Crippen molar-refractivity contribution in [1.29, 1.82) is 0 Å². The van der Waals surface area contributed by atoms with E-state index in [-0.39, 0.29) is 16.9 Å². The molecule has 3 nitrogen and oxygen atoms in total. The second-order valence-corrected chi connectivity index (χ2v) is 8.32. The minimum Gasteiger partial charge on any atom is -0.299 e. The van der Waals surface area contributed by atoms with Crippen LogP contribution in [0.1, 0.15) is 31.7 Å². The van der Waals surface area contributed by atoms with Crippen LogP contribution >= 0.6 is 35.4 Å². The van der Waals surface area contributed by atoms with Gasteiger partial charge in [0.05, 0.1) is 5.57 Å². The van der Waals surface area contributed by atoms with Gasteiger partial charge >= 0.3 is 0 Å². The van der Waals surface area contributed by atoms with Gasteiger partial charge in [-0.05, 0) is 60.3 Å². The topological polar surface area (TPSA) is 32.3 Å². The molecule has 0 saturated carbocycles. The van der Waals surface area contributed by atoms with E-state index in [9.17, 15) is 4.79 Å². The van der Waals surface area contributed by atoms with Crippen LogP contribution in [0.2, 0.25) is 5.02 Å². The zero-order valence-electron chi connectivity index (χ0n) is 15.7. The standard InChI is InChI=1S/C22H22Cl2N2OS/c1-14(12-15(2)16-6-4-3-5-7-16)13-19-20(24)26(22(28)25-21(19)27)18-10-8-17(23)9-11-18/h3-11,13-15,20H,12H2,1-2H3,(H,25,27,28). The molecule has 146 valence electrons. The summed E-state index contributed by atoms with van der Waals surface area (Å²) in [5, 5.41) is 3.66. The van der Waals surface area contributed by atoms with Crippen LogP contribution in [0.25, 0.3) is 0 Å². The third-order valence-electron chi connectivity index (χ3n) is 4.85. The van der Waals surface area contributed by atoms with Crippen molar-refractivity contribution in [3.8, 4) is 0 Å². The normalized spacial score (nSPS) is 20.8. The van der Waals surface area contributed by atoms with Gasteiger partial charge in [0.15, 0.2) is 5.11 Å². The van der Waals surface area contributed by atoms with Gasteiger partial charge in [-0.25, -0.2) is 0 Å². The molecule has 0 spiro atoms. The van der Waals surface area contributed by atoms with Crippen molar-refractivity contribution in [3.05, 3.63) is 76.8 Å². The predicted molar refractivity (Wildman–Crippen MR) is 121 cm³/mol. The molecule has 3 unspecified atom stereocenters. The summed E-state index contributed by atoms with van der Waals surface area (Å²) < 4.78 is 0. The summed E-state index contributed by atoms with van der Waals surface area (Å²) >= 11 is 18.0. The number of nitrogens with one attached hydrogen (secondary N) is 1. The zero-order valence-corrected chi connectivity index (χ0v) is 18.1. The van der Waals surface area contributed by atoms with Gasteiger partial charge in [0.25, 0.3) is 5.91 Å². The highest BCUT2D eigenvalue weighted by molar-refractivity contribution is 7.80. The van der Waals surface area contributed by atoms with Gasteiger partial charge < -0.3 is 0 Å². The molecule has 1 aliphatic heterocycles. The quantitative estimate of drug-likeness (QED) is 0.277. The number of halogens is 2. The number of hydrogen-bond donors (Lipinski definition) is 1. The number of nitrogens with zero attached hydrogens (tertiary/aromatic N) is 1. The van der Waals surface area contributed by atoms with E-state index >= 15 is 0 Å². The lowest BCUT2D eigenvalue weighted by molar-refractivity contribution is -0.116. The fourth-order valence-electron chi connectivity index (χ4n) is 3.43. The van der Waals surface area contributed by atoms with Crippen molar-refractivity contribution in [1.82, 2.24) is 5.32 Å². The van der Waals surface area contributed by atoms with Gasteiger partial charge in [0.1, 0.15) is 5.50 Å². The molecule has 1 N–H and O–H groups in total. The maximum absolute atomic E-state index is 12.5. The van der Waals surface area contributed by atoms with Crippen molar-refractivity contribution in [2.45, 2.75) is 31.7 Å². The Hall–Kier alpha value is -1.88. The van der Waals surface area contributed by atoms with E-state index in [4.69, 9.17) is 35.4 Å². The molecule has 1 saturated heterocycles.